The molecule has 2 N–H and O–H groups in total. The van der Waals surface area contributed by atoms with Gasteiger partial charge in [0, 0.05) is 18.7 Å². The van der Waals surface area contributed by atoms with Gasteiger partial charge in [0.15, 0.2) is 0 Å². The highest BCUT2D eigenvalue weighted by molar-refractivity contribution is 7.12. The van der Waals surface area contributed by atoms with Crippen LogP contribution in [0.4, 0.5) is 5.69 Å². The van der Waals surface area contributed by atoms with Crippen molar-refractivity contribution < 1.29 is 9.59 Å². The Labute approximate surface area is 134 Å². The summed E-state index contributed by atoms with van der Waals surface area (Å²) >= 11 is 1.41. The Morgan fingerprint density at radius 1 is 1.14 bits per heavy atom. The fourth-order valence-corrected chi connectivity index (χ4v) is 2.75. The van der Waals surface area contributed by atoms with E-state index in [-0.39, 0.29) is 11.8 Å². The Hall–Kier alpha value is -2.14. The number of para-hydroxylation sites is 1. The summed E-state index contributed by atoms with van der Waals surface area (Å²) in [6.07, 6.45) is 1.90. The molecule has 0 radical (unpaired) electrons. The summed E-state index contributed by atoms with van der Waals surface area (Å²) in [4.78, 5) is 24.4. The summed E-state index contributed by atoms with van der Waals surface area (Å²) in [5.74, 6) is -0.0991. The van der Waals surface area contributed by atoms with E-state index in [1.54, 1.807) is 6.07 Å². The molecule has 0 aliphatic rings. The Morgan fingerprint density at radius 2 is 1.95 bits per heavy atom. The number of hydrogen-bond acceptors (Lipinski definition) is 3. The van der Waals surface area contributed by atoms with Crippen LogP contribution in [0.15, 0.2) is 41.8 Å². The average Bonchev–Trinajstić information content (AvgIpc) is 3.06. The monoisotopic (exact) mass is 316 g/mol. The van der Waals surface area contributed by atoms with Crippen LogP contribution in [0.2, 0.25) is 0 Å². The summed E-state index contributed by atoms with van der Waals surface area (Å²) < 4.78 is 0. The first kappa shape index (κ1) is 16.2. The quantitative estimate of drug-likeness (QED) is 0.769. The van der Waals surface area contributed by atoms with Crippen LogP contribution in [-0.4, -0.2) is 18.4 Å². The van der Waals surface area contributed by atoms with Gasteiger partial charge in [-0.25, -0.2) is 0 Å². The van der Waals surface area contributed by atoms with Crippen molar-refractivity contribution in [2.24, 2.45) is 0 Å². The molecule has 0 fully saturated rings. The van der Waals surface area contributed by atoms with Crippen molar-refractivity contribution in [2.45, 2.75) is 26.2 Å². The van der Waals surface area contributed by atoms with Crippen molar-refractivity contribution in [1.29, 1.82) is 0 Å². The van der Waals surface area contributed by atoms with Gasteiger partial charge < -0.3 is 10.6 Å². The van der Waals surface area contributed by atoms with Gasteiger partial charge in [-0.3, -0.25) is 9.59 Å². The molecule has 0 aliphatic carbocycles. The van der Waals surface area contributed by atoms with E-state index >= 15 is 0 Å². The molecule has 0 unspecified atom stereocenters. The number of amides is 2. The standard InChI is InChI=1S/C17H20N2O2S/c1-2-13-7-3-4-8-14(13)19-16(20)10-5-11-18-17(21)15-9-6-12-22-15/h3-4,6-9,12H,2,5,10-11H2,1H3,(H,18,21)(H,19,20). The van der Waals surface area contributed by atoms with E-state index in [1.807, 2.05) is 35.7 Å². The molecule has 2 rings (SSSR count). The Kier molecular flexibility index (Phi) is 6.15. The number of hydrogen-bond donors (Lipinski definition) is 2. The Bertz CT molecular complexity index is 623. The molecule has 1 aromatic carbocycles. The third-order valence-corrected chi connectivity index (χ3v) is 4.15. The molecule has 4 nitrogen and oxygen atoms in total. The van der Waals surface area contributed by atoms with Crippen molar-refractivity contribution in [2.75, 3.05) is 11.9 Å². The number of rotatable bonds is 7. The van der Waals surface area contributed by atoms with Gasteiger partial charge in [0.25, 0.3) is 5.91 Å². The molecule has 0 atom stereocenters. The zero-order valence-electron chi connectivity index (χ0n) is 12.6. The number of carbonyl (C=O) groups is 2. The Balaban J connectivity index is 1.71. The van der Waals surface area contributed by atoms with Crippen molar-refractivity contribution in [3.05, 3.63) is 52.2 Å². The first-order valence-electron chi connectivity index (χ1n) is 7.40. The molecule has 5 heteroatoms. The molecule has 0 spiro atoms. The lowest BCUT2D eigenvalue weighted by atomic mass is 10.1. The fourth-order valence-electron chi connectivity index (χ4n) is 2.11. The van der Waals surface area contributed by atoms with Crippen LogP contribution in [-0.2, 0) is 11.2 Å². The van der Waals surface area contributed by atoms with E-state index in [4.69, 9.17) is 0 Å². The van der Waals surface area contributed by atoms with Crippen molar-refractivity contribution in [3.63, 3.8) is 0 Å². The molecule has 0 saturated carbocycles. The summed E-state index contributed by atoms with van der Waals surface area (Å²) in [5, 5.41) is 7.61. The minimum atomic E-state index is -0.0771. The molecule has 0 aliphatic heterocycles. The van der Waals surface area contributed by atoms with Crippen molar-refractivity contribution in [1.82, 2.24) is 5.32 Å². The number of nitrogens with one attached hydrogen (secondary N) is 2. The second kappa shape index (κ2) is 8.34. The maximum absolute atomic E-state index is 11.9. The lowest BCUT2D eigenvalue weighted by Crippen LogP contribution is -2.24. The Morgan fingerprint density at radius 3 is 2.68 bits per heavy atom. The van der Waals surface area contributed by atoms with Gasteiger partial charge in [-0.1, -0.05) is 31.2 Å². The first-order valence-corrected chi connectivity index (χ1v) is 8.28. The number of anilines is 1. The summed E-state index contributed by atoms with van der Waals surface area (Å²) in [6, 6.07) is 11.4. The molecular formula is C17H20N2O2S. The van der Waals surface area contributed by atoms with Gasteiger partial charge in [0.1, 0.15) is 0 Å². The summed E-state index contributed by atoms with van der Waals surface area (Å²) in [5.41, 5.74) is 2.00. The van der Waals surface area contributed by atoms with Crippen molar-refractivity contribution >= 4 is 28.8 Å². The number of aryl methyl sites for hydroxylation is 1. The average molecular weight is 316 g/mol. The zero-order chi connectivity index (χ0) is 15.8. The second-order valence-corrected chi connectivity index (χ2v) is 5.84. The van der Waals surface area contributed by atoms with E-state index < -0.39 is 0 Å². The van der Waals surface area contributed by atoms with Crippen molar-refractivity contribution in [3.8, 4) is 0 Å². The number of carbonyl (C=O) groups excluding carboxylic acids is 2. The zero-order valence-corrected chi connectivity index (χ0v) is 13.4. The van der Waals surface area contributed by atoms with Gasteiger partial charge in [-0.2, -0.15) is 0 Å². The predicted octanol–water partition coefficient (Wildman–Crippen LogP) is 3.46. The fraction of sp³-hybridized carbons (Fsp3) is 0.294. The lowest BCUT2D eigenvalue weighted by Gasteiger charge is -2.09. The lowest BCUT2D eigenvalue weighted by molar-refractivity contribution is -0.116. The highest BCUT2D eigenvalue weighted by atomic mass is 32.1. The van der Waals surface area contributed by atoms with E-state index in [1.165, 1.54) is 11.3 Å². The van der Waals surface area contributed by atoms with Crippen LogP contribution in [0.3, 0.4) is 0 Å². The summed E-state index contributed by atoms with van der Waals surface area (Å²) in [7, 11) is 0. The largest absolute Gasteiger partial charge is 0.351 e. The van der Waals surface area contributed by atoms with E-state index in [0.717, 1.165) is 17.7 Å². The van der Waals surface area contributed by atoms with Gasteiger partial charge in [-0.15, -0.1) is 11.3 Å². The third kappa shape index (κ3) is 4.70. The highest BCUT2D eigenvalue weighted by Crippen LogP contribution is 2.15. The molecule has 2 amide bonds. The third-order valence-electron chi connectivity index (χ3n) is 3.28. The molecular weight excluding hydrogens is 296 g/mol. The molecule has 2 aromatic rings. The molecule has 116 valence electrons. The van der Waals surface area contributed by atoms with Gasteiger partial charge in [0.2, 0.25) is 5.91 Å². The van der Waals surface area contributed by atoms with Crippen LogP contribution >= 0.6 is 11.3 Å². The molecule has 1 aromatic heterocycles. The number of thiophene rings is 1. The topological polar surface area (TPSA) is 58.2 Å². The van der Waals surface area contributed by atoms with E-state index in [2.05, 4.69) is 17.6 Å². The second-order valence-electron chi connectivity index (χ2n) is 4.90. The van der Waals surface area contributed by atoms with E-state index in [0.29, 0.717) is 24.3 Å². The van der Waals surface area contributed by atoms with Crippen LogP contribution < -0.4 is 10.6 Å². The minimum Gasteiger partial charge on any atom is -0.351 e. The maximum Gasteiger partial charge on any atom is 0.261 e. The highest BCUT2D eigenvalue weighted by Gasteiger charge is 2.07. The van der Waals surface area contributed by atoms with E-state index in [9.17, 15) is 9.59 Å². The molecule has 1 heterocycles. The van der Waals surface area contributed by atoms with Crippen LogP contribution in [0.1, 0.15) is 35.0 Å². The minimum absolute atomic E-state index is 0.0220. The predicted molar refractivity (Wildman–Crippen MR) is 90.3 cm³/mol. The normalized spacial score (nSPS) is 10.2. The van der Waals surface area contributed by atoms with Gasteiger partial charge >= 0.3 is 0 Å². The smallest absolute Gasteiger partial charge is 0.261 e. The van der Waals surface area contributed by atoms with Gasteiger partial charge in [-0.05, 0) is 35.9 Å². The van der Waals surface area contributed by atoms with Crippen LogP contribution in [0.5, 0.6) is 0 Å². The molecule has 0 bridgehead atoms. The molecule has 22 heavy (non-hydrogen) atoms. The first-order chi connectivity index (χ1) is 10.7. The SMILES string of the molecule is CCc1ccccc1NC(=O)CCCNC(=O)c1cccs1. The number of benzene rings is 1. The van der Waals surface area contributed by atoms with Crippen LogP contribution in [0.25, 0.3) is 0 Å². The summed E-state index contributed by atoms with van der Waals surface area (Å²) in [6.45, 7) is 2.56. The molecule has 0 saturated heterocycles. The maximum atomic E-state index is 11.9. The van der Waals surface area contributed by atoms with Gasteiger partial charge in [0.05, 0.1) is 4.88 Å². The van der Waals surface area contributed by atoms with Crippen LogP contribution in [0, 0.1) is 0 Å².